The van der Waals surface area contributed by atoms with Gasteiger partial charge in [-0.3, -0.25) is 14.5 Å². The quantitative estimate of drug-likeness (QED) is 0.851. The van der Waals surface area contributed by atoms with Gasteiger partial charge in [-0.25, -0.2) is 4.68 Å². The molecule has 0 spiro atoms. The van der Waals surface area contributed by atoms with E-state index < -0.39 is 0 Å². The molecule has 9 heteroatoms. The van der Waals surface area contributed by atoms with E-state index in [0.29, 0.717) is 49.1 Å². The first-order valence-corrected chi connectivity index (χ1v) is 8.90. The van der Waals surface area contributed by atoms with Gasteiger partial charge < -0.3 is 10.2 Å². The summed E-state index contributed by atoms with van der Waals surface area (Å²) in [5.41, 5.74) is 1.10. The van der Waals surface area contributed by atoms with Crippen LogP contribution in [0, 0.1) is 0 Å². The number of rotatable bonds is 5. The molecule has 1 aromatic heterocycles. The van der Waals surface area contributed by atoms with E-state index in [0.717, 1.165) is 0 Å². The summed E-state index contributed by atoms with van der Waals surface area (Å²) in [7, 11) is 0. The molecule has 2 amide bonds. The summed E-state index contributed by atoms with van der Waals surface area (Å²) >= 11 is 6.05. The van der Waals surface area contributed by atoms with Crippen molar-refractivity contribution in [3.05, 3.63) is 41.2 Å². The van der Waals surface area contributed by atoms with Gasteiger partial charge in [-0.15, -0.1) is 5.10 Å². The Kier molecular flexibility index (Phi) is 5.85. The zero-order valence-corrected chi connectivity index (χ0v) is 15.3. The third-order valence-electron chi connectivity index (χ3n) is 4.31. The number of para-hydroxylation sites is 1. The van der Waals surface area contributed by atoms with Crippen LogP contribution >= 0.6 is 11.6 Å². The third-order valence-corrected chi connectivity index (χ3v) is 4.64. The summed E-state index contributed by atoms with van der Waals surface area (Å²) in [6.45, 7) is 5.18. The second kappa shape index (κ2) is 8.29. The minimum Gasteiger partial charge on any atom is -0.335 e. The first-order valence-electron chi connectivity index (χ1n) is 8.53. The van der Waals surface area contributed by atoms with E-state index in [-0.39, 0.29) is 18.4 Å². The van der Waals surface area contributed by atoms with E-state index in [1.165, 1.54) is 6.20 Å². The van der Waals surface area contributed by atoms with E-state index in [9.17, 15) is 9.59 Å². The highest BCUT2D eigenvalue weighted by atomic mass is 35.5. The Labute approximate surface area is 156 Å². The smallest absolute Gasteiger partial charge is 0.273 e. The fourth-order valence-electron chi connectivity index (χ4n) is 2.88. The second-order valence-corrected chi connectivity index (χ2v) is 6.44. The van der Waals surface area contributed by atoms with Gasteiger partial charge in [0.2, 0.25) is 5.91 Å². The molecule has 1 aromatic carbocycles. The number of amides is 2. The summed E-state index contributed by atoms with van der Waals surface area (Å²) in [4.78, 5) is 28.6. The van der Waals surface area contributed by atoms with Crippen molar-refractivity contribution in [3.8, 4) is 0 Å². The maximum absolute atomic E-state index is 12.6. The molecule has 3 rings (SSSR count). The lowest BCUT2D eigenvalue weighted by atomic mass is 10.2. The summed E-state index contributed by atoms with van der Waals surface area (Å²) in [5, 5.41) is 11.0. The Morgan fingerprint density at radius 1 is 1.19 bits per heavy atom. The number of hydrogen-bond acceptors (Lipinski definition) is 5. The van der Waals surface area contributed by atoms with Gasteiger partial charge in [0, 0.05) is 32.7 Å². The van der Waals surface area contributed by atoms with Gasteiger partial charge >= 0.3 is 0 Å². The summed E-state index contributed by atoms with van der Waals surface area (Å²) in [5.74, 6) is -0.192. The Morgan fingerprint density at radius 3 is 2.62 bits per heavy atom. The van der Waals surface area contributed by atoms with Crippen LogP contribution < -0.4 is 5.32 Å². The zero-order valence-electron chi connectivity index (χ0n) is 14.6. The average Bonchev–Trinajstić information content (AvgIpc) is 3.12. The molecule has 0 radical (unpaired) electrons. The van der Waals surface area contributed by atoms with E-state index in [4.69, 9.17) is 11.6 Å². The van der Waals surface area contributed by atoms with Crippen molar-refractivity contribution in [2.24, 2.45) is 0 Å². The van der Waals surface area contributed by atoms with Gasteiger partial charge in [-0.1, -0.05) is 28.9 Å². The van der Waals surface area contributed by atoms with Crippen LogP contribution in [-0.2, 0) is 11.3 Å². The molecular formula is C17H21ClN6O2. The van der Waals surface area contributed by atoms with Gasteiger partial charge in [0.25, 0.3) is 5.91 Å². The Bertz CT molecular complexity index is 785. The lowest BCUT2D eigenvalue weighted by molar-refractivity contribution is -0.117. The fourth-order valence-corrected chi connectivity index (χ4v) is 3.07. The van der Waals surface area contributed by atoms with Gasteiger partial charge in [-0.05, 0) is 19.1 Å². The summed E-state index contributed by atoms with van der Waals surface area (Å²) in [6.07, 6.45) is 1.50. The molecule has 0 aliphatic carbocycles. The minimum atomic E-state index is -0.119. The highest BCUT2D eigenvalue weighted by Crippen LogP contribution is 2.20. The lowest BCUT2D eigenvalue weighted by Crippen LogP contribution is -2.50. The number of benzene rings is 1. The molecule has 0 unspecified atom stereocenters. The predicted molar refractivity (Wildman–Crippen MR) is 98.1 cm³/mol. The van der Waals surface area contributed by atoms with Crippen LogP contribution in [0.2, 0.25) is 5.02 Å². The van der Waals surface area contributed by atoms with Gasteiger partial charge in [0.15, 0.2) is 0 Å². The number of carbonyl (C=O) groups is 2. The molecular weight excluding hydrogens is 356 g/mol. The van der Waals surface area contributed by atoms with E-state index in [2.05, 4.69) is 15.6 Å². The number of anilines is 1. The van der Waals surface area contributed by atoms with Gasteiger partial charge in [0.05, 0.1) is 23.5 Å². The van der Waals surface area contributed by atoms with Gasteiger partial charge in [0.1, 0.15) is 5.69 Å². The maximum atomic E-state index is 12.6. The van der Waals surface area contributed by atoms with Crippen LogP contribution in [-0.4, -0.2) is 69.3 Å². The number of carbonyl (C=O) groups excluding carboxylic acids is 2. The summed E-state index contributed by atoms with van der Waals surface area (Å²) < 4.78 is 1.59. The van der Waals surface area contributed by atoms with Crippen molar-refractivity contribution >= 4 is 29.1 Å². The van der Waals surface area contributed by atoms with Crippen molar-refractivity contribution in [1.29, 1.82) is 0 Å². The average molecular weight is 377 g/mol. The van der Waals surface area contributed by atoms with Crippen LogP contribution in [0.3, 0.4) is 0 Å². The molecule has 2 aromatic rings. The monoisotopic (exact) mass is 376 g/mol. The first kappa shape index (κ1) is 18.3. The molecule has 26 heavy (non-hydrogen) atoms. The van der Waals surface area contributed by atoms with E-state index in [1.807, 2.05) is 24.0 Å². The Balaban J connectivity index is 1.50. The van der Waals surface area contributed by atoms with Crippen LogP contribution in [0.15, 0.2) is 30.5 Å². The zero-order chi connectivity index (χ0) is 18.5. The van der Waals surface area contributed by atoms with Crippen LogP contribution in [0.5, 0.6) is 0 Å². The molecule has 8 nitrogen and oxygen atoms in total. The number of halogens is 1. The molecule has 1 saturated heterocycles. The van der Waals surface area contributed by atoms with Crippen molar-refractivity contribution in [2.45, 2.75) is 13.5 Å². The number of aromatic nitrogens is 3. The van der Waals surface area contributed by atoms with Crippen molar-refractivity contribution < 1.29 is 9.59 Å². The topological polar surface area (TPSA) is 83.4 Å². The van der Waals surface area contributed by atoms with Crippen molar-refractivity contribution in [2.75, 3.05) is 38.0 Å². The molecule has 0 bridgehead atoms. The van der Waals surface area contributed by atoms with Crippen LogP contribution in [0.4, 0.5) is 5.69 Å². The maximum Gasteiger partial charge on any atom is 0.273 e. The number of piperazine rings is 1. The van der Waals surface area contributed by atoms with Gasteiger partial charge in [-0.2, -0.15) is 0 Å². The molecule has 1 aliphatic rings. The highest BCUT2D eigenvalue weighted by Gasteiger charge is 2.25. The Morgan fingerprint density at radius 2 is 1.92 bits per heavy atom. The van der Waals surface area contributed by atoms with Crippen molar-refractivity contribution in [3.63, 3.8) is 0 Å². The lowest BCUT2D eigenvalue weighted by Gasteiger charge is -2.34. The molecule has 138 valence electrons. The number of nitrogens with one attached hydrogen (secondary N) is 1. The number of aryl methyl sites for hydroxylation is 1. The molecule has 1 fully saturated rings. The Hall–Kier alpha value is -2.45. The molecule has 2 heterocycles. The number of nitrogens with zero attached hydrogens (tertiary/aromatic N) is 5. The predicted octanol–water partition coefficient (Wildman–Crippen LogP) is 1.35. The first-order chi connectivity index (χ1) is 12.6. The number of hydrogen-bond donors (Lipinski definition) is 1. The van der Waals surface area contributed by atoms with Crippen LogP contribution in [0.1, 0.15) is 17.4 Å². The minimum absolute atomic E-state index is 0.0722. The van der Waals surface area contributed by atoms with E-state index >= 15 is 0 Å². The molecule has 1 aliphatic heterocycles. The standard InChI is InChI=1S/C17H21ClN6O2/c1-2-24-15(11-19-21-24)17(26)23-9-7-22(8-10-23)12-16(25)20-14-6-4-3-5-13(14)18/h3-6,11H,2,7-10,12H2,1H3,(H,20,25). The molecule has 1 N–H and O–H groups in total. The van der Waals surface area contributed by atoms with Crippen molar-refractivity contribution in [1.82, 2.24) is 24.8 Å². The van der Waals surface area contributed by atoms with E-state index in [1.54, 1.807) is 21.7 Å². The largest absolute Gasteiger partial charge is 0.335 e. The van der Waals surface area contributed by atoms with Crippen LogP contribution in [0.25, 0.3) is 0 Å². The third kappa shape index (κ3) is 4.20. The molecule has 0 saturated carbocycles. The fraction of sp³-hybridized carbons (Fsp3) is 0.412. The second-order valence-electron chi connectivity index (χ2n) is 6.03. The summed E-state index contributed by atoms with van der Waals surface area (Å²) in [6, 6.07) is 7.13. The normalized spacial score (nSPS) is 15.1. The SMILES string of the molecule is CCn1nncc1C(=O)N1CCN(CC(=O)Nc2ccccc2Cl)CC1. The highest BCUT2D eigenvalue weighted by molar-refractivity contribution is 6.33. The molecule has 0 atom stereocenters.